The Kier molecular flexibility index (Phi) is 5.65. The second-order valence-electron chi connectivity index (χ2n) is 5.88. The van der Waals surface area contributed by atoms with E-state index in [4.69, 9.17) is 4.74 Å². The molecule has 0 saturated heterocycles. The van der Waals surface area contributed by atoms with Gasteiger partial charge < -0.3 is 20.5 Å². The predicted molar refractivity (Wildman–Crippen MR) is 104 cm³/mol. The minimum Gasteiger partial charge on any atom is -0.508 e. The van der Waals surface area contributed by atoms with Crippen molar-refractivity contribution in [3.05, 3.63) is 42.2 Å². The molecule has 1 aromatic carbocycles. The lowest BCUT2D eigenvalue weighted by Gasteiger charge is -2.10. The van der Waals surface area contributed by atoms with Crippen LogP contribution in [0.1, 0.15) is 12.6 Å². The van der Waals surface area contributed by atoms with Crippen LogP contribution in [0.25, 0.3) is 10.6 Å². The van der Waals surface area contributed by atoms with Crippen molar-refractivity contribution < 1.29 is 9.84 Å². The molecule has 0 amide bonds. The van der Waals surface area contributed by atoms with Gasteiger partial charge in [-0.2, -0.15) is 0 Å². The van der Waals surface area contributed by atoms with Gasteiger partial charge in [-0.3, -0.25) is 0 Å². The number of ether oxygens (including phenoxy) is 1. The van der Waals surface area contributed by atoms with Crippen LogP contribution >= 0.6 is 11.3 Å². The van der Waals surface area contributed by atoms with Crippen molar-refractivity contribution in [3.8, 4) is 16.3 Å². The van der Waals surface area contributed by atoms with Gasteiger partial charge in [-0.05, 0) is 32.0 Å². The van der Waals surface area contributed by atoms with Crippen LogP contribution in [0.4, 0.5) is 16.8 Å². The van der Waals surface area contributed by atoms with E-state index in [-0.39, 0.29) is 11.8 Å². The summed E-state index contributed by atoms with van der Waals surface area (Å²) in [5, 5.41) is 16.8. The second kappa shape index (κ2) is 8.11. The Morgan fingerprint density at radius 2 is 2.12 bits per heavy atom. The van der Waals surface area contributed by atoms with E-state index in [0.717, 1.165) is 27.1 Å². The van der Waals surface area contributed by atoms with Crippen LogP contribution in [-0.4, -0.2) is 39.8 Å². The van der Waals surface area contributed by atoms with Crippen molar-refractivity contribution in [1.29, 1.82) is 0 Å². The van der Waals surface area contributed by atoms with E-state index in [1.165, 1.54) is 0 Å². The zero-order valence-corrected chi connectivity index (χ0v) is 15.7. The summed E-state index contributed by atoms with van der Waals surface area (Å²) in [5.74, 6) is 0.647. The summed E-state index contributed by atoms with van der Waals surface area (Å²) < 4.78 is 5.15. The summed E-state index contributed by atoms with van der Waals surface area (Å²) in [4.78, 5) is 14.4. The van der Waals surface area contributed by atoms with Crippen LogP contribution in [0.3, 0.4) is 0 Å². The maximum absolute atomic E-state index is 9.57. The number of anilines is 3. The van der Waals surface area contributed by atoms with E-state index >= 15 is 0 Å². The van der Waals surface area contributed by atoms with Crippen molar-refractivity contribution >= 4 is 28.1 Å². The molecule has 0 saturated carbocycles. The van der Waals surface area contributed by atoms with Crippen LogP contribution in [0.2, 0.25) is 0 Å². The molecule has 3 aromatic rings. The van der Waals surface area contributed by atoms with Gasteiger partial charge in [-0.25, -0.2) is 15.0 Å². The Labute approximate surface area is 156 Å². The predicted octanol–water partition coefficient (Wildman–Crippen LogP) is 3.80. The molecule has 0 fully saturated rings. The van der Waals surface area contributed by atoms with Gasteiger partial charge in [0.05, 0.1) is 22.9 Å². The molecule has 136 valence electrons. The summed E-state index contributed by atoms with van der Waals surface area (Å²) in [6.07, 6.45) is 1.70. The topological polar surface area (TPSA) is 92.2 Å². The maximum atomic E-state index is 9.57. The van der Waals surface area contributed by atoms with E-state index in [1.807, 2.05) is 26.0 Å². The van der Waals surface area contributed by atoms with Gasteiger partial charge in [0.15, 0.2) is 5.13 Å². The zero-order valence-electron chi connectivity index (χ0n) is 14.9. The Morgan fingerprint density at radius 1 is 1.27 bits per heavy atom. The lowest BCUT2D eigenvalue weighted by molar-refractivity contribution is 0.190. The fraction of sp³-hybridized carbons (Fsp3) is 0.278. The summed E-state index contributed by atoms with van der Waals surface area (Å²) in [6, 6.07) is 8.86. The average molecular weight is 371 g/mol. The normalized spacial score (nSPS) is 12.0. The number of phenolic OH excluding ortho intramolecular Hbond substituents is 1. The van der Waals surface area contributed by atoms with Crippen LogP contribution in [-0.2, 0) is 4.74 Å². The van der Waals surface area contributed by atoms with Crippen LogP contribution in [0.15, 0.2) is 36.5 Å². The van der Waals surface area contributed by atoms with Gasteiger partial charge in [0, 0.05) is 31.1 Å². The zero-order chi connectivity index (χ0) is 18.5. The van der Waals surface area contributed by atoms with E-state index in [1.54, 1.807) is 42.8 Å². The van der Waals surface area contributed by atoms with E-state index < -0.39 is 0 Å². The molecule has 2 aromatic heterocycles. The maximum Gasteiger partial charge on any atom is 0.227 e. The number of methoxy groups -OCH3 is 1. The van der Waals surface area contributed by atoms with Crippen molar-refractivity contribution in [2.24, 2.45) is 0 Å². The van der Waals surface area contributed by atoms with Gasteiger partial charge in [-0.15, -0.1) is 0 Å². The molecule has 0 aliphatic rings. The minimum absolute atomic E-state index is 0.173. The fourth-order valence-electron chi connectivity index (χ4n) is 2.46. The molecular weight excluding hydrogens is 350 g/mol. The molecule has 1 unspecified atom stereocenters. The number of aryl methyl sites for hydroxylation is 1. The van der Waals surface area contributed by atoms with Crippen molar-refractivity contribution in [3.63, 3.8) is 0 Å². The molecule has 1 atom stereocenters. The number of nitrogens with one attached hydrogen (secondary N) is 2. The molecule has 7 nitrogen and oxygen atoms in total. The molecule has 3 N–H and O–H groups in total. The number of aromatic nitrogens is 3. The second-order valence-corrected chi connectivity index (χ2v) is 6.87. The Bertz CT molecular complexity index is 884. The smallest absolute Gasteiger partial charge is 0.227 e. The van der Waals surface area contributed by atoms with Gasteiger partial charge in [0.2, 0.25) is 5.95 Å². The summed E-state index contributed by atoms with van der Waals surface area (Å²) in [7, 11) is 1.68. The van der Waals surface area contributed by atoms with E-state index in [0.29, 0.717) is 12.6 Å². The molecule has 0 radical (unpaired) electrons. The quantitative estimate of drug-likeness (QED) is 0.582. The monoisotopic (exact) mass is 371 g/mol. The number of thiazole rings is 1. The standard InChI is InChI=1S/C18H21N5O2S/c1-11(10-25-3)20-18-21-12(2)16(26-18)15-7-8-19-17(23-15)22-13-5-4-6-14(24)9-13/h4-9,11,24H,10H2,1-3H3,(H,20,21)(H,19,22,23). The lowest BCUT2D eigenvalue weighted by Crippen LogP contribution is -2.20. The van der Waals surface area contributed by atoms with Crippen LogP contribution in [0.5, 0.6) is 5.75 Å². The van der Waals surface area contributed by atoms with Gasteiger partial charge >= 0.3 is 0 Å². The minimum atomic E-state index is 0.173. The van der Waals surface area contributed by atoms with Gasteiger partial charge in [0.1, 0.15) is 5.75 Å². The highest BCUT2D eigenvalue weighted by Gasteiger charge is 2.13. The van der Waals surface area contributed by atoms with Crippen molar-refractivity contribution in [2.75, 3.05) is 24.4 Å². The number of rotatable bonds is 7. The highest BCUT2D eigenvalue weighted by Crippen LogP contribution is 2.32. The molecule has 3 rings (SSSR count). The van der Waals surface area contributed by atoms with Crippen molar-refractivity contribution in [2.45, 2.75) is 19.9 Å². The molecule has 8 heteroatoms. The third-order valence-electron chi connectivity index (χ3n) is 3.57. The highest BCUT2D eigenvalue weighted by molar-refractivity contribution is 7.19. The summed E-state index contributed by atoms with van der Waals surface area (Å²) in [6.45, 7) is 4.61. The fourth-order valence-corrected chi connectivity index (χ4v) is 3.50. The third kappa shape index (κ3) is 4.47. The summed E-state index contributed by atoms with van der Waals surface area (Å²) in [5.41, 5.74) is 2.42. The number of hydrogen-bond acceptors (Lipinski definition) is 8. The lowest BCUT2D eigenvalue weighted by atomic mass is 10.3. The first-order chi connectivity index (χ1) is 12.5. The number of aromatic hydroxyl groups is 1. The highest BCUT2D eigenvalue weighted by atomic mass is 32.1. The van der Waals surface area contributed by atoms with Gasteiger partial charge in [0.25, 0.3) is 0 Å². The van der Waals surface area contributed by atoms with E-state index in [2.05, 4.69) is 25.6 Å². The third-order valence-corrected chi connectivity index (χ3v) is 4.68. The molecular formula is C18H21N5O2S. The summed E-state index contributed by atoms with van der Waals surface area (Å²) >= 11 is 1.55. The Hall–Kier alpha value is -2.71. The van der Waals surface area contributed by atoms with Crippen LogP contribution in [0, 0.1) is 6.92 Å². The average Bonchev–Trinajstić information content (AvgIpc) is 2.95. The van der Waals surface area contributed by atoms with Crippen molar-refractivity contribution in [1.82, 2.24) is 15.0 Å². The Morgan fingerprint density at radius 3 is 2.88 bits per heavy atom. The van der Waals surface area contributed by atoms with Crippen LogP contribution < -0.4 is 10.6 Å². The number of phenols is 1. The molecule has 0 spiro atoms. The molecule has 0 aliphatic carbocycles. The van der Waals surface area contributed by atoms with Gasteiger partial charge in [-0.1, -0.05) is 17.4 Å². The molecule has 2 heterocycles. The Balaban J connectivity index is 1.80. The number of nitrogens with zero attached hydrogens (tertiary/aromatic N) is 3. The first-order valence-corrected chi connectivity index (χ1v) is 8.99. The molecule has 26 heavy (non-hydrogen) atoms. The van der Waals surface area contributed by atoms with E-state index in [9.17, 15) is 5.11 Å². The molecule has 0 bridgehead atoms. The number of hydrogen-bond donors (Lipinski definition) is 3. The largest absolute Gasteiger partial charge is 0.508 e. The first kappa shape index (κ1) is 18.1. The molecule has 0 aliphatic heterocycles. The SMILES string of the molecule is COCC(C)Nc1nc(C)c(-c2ccnc(Nc3cccc(O)c3)n2)s1. The number of benzene rings is 1. The first-order valence-electron chi connectivity index (χ1n) is 8.17.